The molecule has 0 aliphatic rings. The molecular weight excluding hydrogens is 176 g/mol. The minimum atomic E-state index is 0.323. The molecule has 0 bridgehead atoms. The number of hydrogen-bond donors (Lipinski definition) is 1. The molecule has 0 spiro atoms. The van der Waals surface area contributed by atoms with E-state index in [1.807, 2.05) is 18.2 Å². The van der Waals surface area contributed by atoms with Crippen LogP contribution in [0.25, 0.3) is 11.1 Å². The van der Waals surface area contributed by atoms with Gasteiger partial charge in [0.1, 0.15) is 5.52 Å². The first kappa shape index (κ1) is 9.21. The van der Waals surface area contributed by atoms with Gasteiger partial charge in [0.05, 0.1) is 0 Å². The summed E-state index contributed by atoms with van der Waals surface area (Å²) in [5.41, 5.74) is 8.37. The standard InChI is InChI=1S/C11H14N2O/c1-7(2)11-13-9-5-8(6-12)3-4-10(9)14-11/h3-5,7H,6,12H2,1-2H3. The lowest BCUT2D eigenvalue weighted by molar-refractivity contribution is 0.501. The van der Waals surface area contributed by atoms with E-state index in [1.165, 1.54) is 0 Å². The van der Waals surface area contributed by atoms with Gasteiger partial charge in [-0.2, -0.15) is 0 Å². The van der Waals surface area contributed by atoms with Gasteiger partial charge in [0.15, 0.2) is 11.5 Å². The summed E-state index contributed by atoms with van der Waals surface area (Å²) in [6, 6.07) is 5.87. The van der Waals surface area contributed by atoms with Gasteiger partial charge in [0.2, 0.25) is 0 Å². The van der Waals surface area contributed by atoms with Gasteiger partial charge < -0.3 is 10.2 Å². The molecule has 2 N–H and O–H groups in total. The van der Waals surface area contributed by atoms with E-state index < -0.39 is 0 Å². The van der Waals surface area contributed by atoms with Crippen LogP contribution in [0, 0.1) is 0 Å². The molecule has 0 unspecified atom stereocenters. The second-order valence-electron chi connectivity index (χ2n) is 3.71. The van der Waals surface area contributed by atoms with Gasteiger partial charge in [-0.1, -0.05) is 19.9 Å². The number of rotatable bonds is 2. The fraction of sp³-hybridized carbons (Fsp3) is 0.364. The number of nitrogens with two attached hydrogens (primary N) is 1. The maximum absolute atomic E-state index is 5.58. The highest BCUT2D eigenvalue weighted by atomic mass is 16.3. The fourth-order valence-electron chi connectivity index (χ4n) is 1.36. The molecule has 0 saturated carbocycles. The van der Waals surface area contributed by atoms with Crippen molar-refractivity contribution in [2.45, 2.75) is 26.3 Å². The van der Waals surface area contributed by atoms with E-state index in [1.54, 1.807) is 0 Å². The van der Waals surface area contributed by atoms with Gasteiger partial charge >= 0.3 is 0 Å². The van der Waals surface area contributed by atoms with Crippen molar-refractivity contribution < 1.29 is 4.42 Å². The van der Waals surface area contributed by atoms with Gasteiger partial charge in [0, 0.05) is 12.5 Å². The number of aromatic nitrogens is 1. The zero-order valence-corrected chi connectivity index (χ0v) is 8.45. The molecule has 3 heteroatoms. The summed E-state index contributed by atoms with van der Waals surface area (Å²) in [5.74, 6) is 1.11. The van der Waals surface area contributed by atoms with Crippen LogP contribution in [0.5, 0.6) is 0 Å². The first-order chi connectivity index (χ1) is 6.70. The van der Waals surface area contributed by atoms with Crippen LogP contribution in [-0.2, 0) is 6.54 Å². The number of fused-ring (bicyclic) bond motifs is 1. The fourth-order valence-corrected chi connectivity index (χ4v) is 1.36. The number of benzene rings is 1. The zero-order valence-electron chi connectivity index (χ0n) is 8.45. The Morgan fingerprint density at radius 1 is 1.43 bits per heavy atom. The molecule has 0 aliphatic carbocycles. The van der Waals surface area contributed by atoms with Crippen LogP contribution in [0.2, 0.25) is 0 Å². The Morgan fingerprint density at radius 3 is 2.86 bits per heavy atom. The zero-order chi connectivity index (χ0) is 10.1. The molecule has 0 amide bonds. The summed E-state index contributed by atoms with van der Waals surface area (Å²) >= 11 is 0. The molecule has 14 heavy (non-hydrogen) atoms. The summed E-state index contributed by atoms with van der Waals surface area (Å²) in [6.45, 7) is 4.67. The third-order valence-electron chi connectivity index (χ3n) is 2.20. The van der Waals surface area contributed by atoms with Crippen LogP contribution >= 0.6 is 0 Å². The van der Waals surface area contributed by atoms with Crippen molar-refractivity contribution >= 4 is 11.1 Å². The largest absolute Gasteiger partial charge is 0.440 e. The average molecular weight is 190 g/mol. The van der Waals surface area contributed by atoms with Crippen LogP contribution < -0.4 is 5.73 Å². The smallest absolute Gasteiger partial charge is 0.198 e. The lowest BCUT2D eigenvalue weighted by Gasteiger charge is -1.93. The molecule has 2 rings (SSSR count). The van der Waals surface area contributed by atoms with Crippen LogP contribution in [0.15, 0.2) is 22.6 Å². The Bertz CT molecular complexity index is 445. The Balaban J connectivity index is 2.54. The van der Waals surface area contributed by atoms with Crippen molar-refractivity contribution in [3.05, 3.63) is 29.7 Å². The number of hydrogen-bond acceptors (Lipinski definition) is 3. The predicted octanol–water partition coefficient (Wildman–Crippen LogP) is 2.41. The molecule has 0 aliphatic heterocycles. The van der Waals surface area contributed by atoms with Crippen molar-refractivity contribution in [2.75, 3.05) is 0 Å². The quantitative estimate of drug-likeness (QED) is 0.791. The van der Waals surface area contributed by atoms with Crippen molar-refractivity contribution in [3.8, 4) is 0 Å². The summed E-state index contributed by atoms with van der Waals surface area (Å²) in [4.78, 5) is 4.40. The summed E-state index contributed by atoms with van der Waals surface area (Å²) in [7, 11) is 0. The van der Waals surface area contributed by atoms with E-state index in [2.05, 4.69) is 18.8 Å². The van der Waals surface area contributed by atoms with Gasteiger partial charge in [-0.15, -0.1) is 0 Å². The van der Waals surface area contributed by atoms with E-state index >= 15 is 0 Å². The summed E-state index contributed by atoms with van der Waals surface area (Å²) in [6.07, 6.45) is 0. The predicted molar refractivity (Wildman–Crippen MR) is 56.0 cm³/mol. The Hall–Kier alpha value is -1.35. The SMILES string of the molecule is CC(C)c1nc2cc(CN)ccc2o1. The van der Waals surface area contributed by atoms with Crippen molar-refractivity contribution in [1.29, 1.82) is 0 Å². The lowest BCUT2D eigenvalue weighted by Crippen LogP contribution is -1.95. The molecule has 2 aromatic rings. The van der Waals surface area contributed by atoms with Crippen molar-refractivity contribution in [3.63, 3.8) is 0 Å². The third-order valence-corrected chi connectivity index (χ3v) is 2.20. The van der Waals surface area contributed by atoms with Crippen molar-refractivity contribution in [1.82, 2.24) is 4.98 Å². The van der Waals surface area contributed by atoms with Gasteiger partial charge in [-0.05, 0) is 17.7 Å². The number of oxazole rings is 1. The van der Waals surface area contributed by atoms with E-state index in [0.29, 0.717) is 12.5 Å². The molecule has 74 valence electrons. The van der Waals surface area contributed by atoms with Crippen LogP contribution in [0.3, 0.4) is 0 Å². The highest BCUT2D eigenvalue weighted by Crippen LogP contribution is 2.21. The molecule has 1 aromatic heterocycles. The normalized spacial score (nSPS) is 11.4. The van der Waals surface area contributed by atoms with Crippen LogP contribution in [0.1, 0.15) is 31.2 Å². The maximum atomic E-state index is 5.58. The Morgan fingerprint density at radius 2 is 2.21 bits per heavy atom. The molecule has 1 heterocycles. The molecule has 0 fully saturated rings. The lowest BCUT2D eigenvalue weighted by atomic mass is 10.2. The summed E-state index contributed by atoms with van der Waals surface area (Å²) < 4.78 is 5.58. The third kappa shape index (κ3) is 1.51. The molecule has 0 atom stereocenters. The second-order valence-corrected chi connectivity index (χ2v) is 3.71. The maximum Gasteiger partial charge on any atom is 0.198 e. The van der Waals surface area contributed by atoms with Gasteiger partial charge in [-0.3, -0.25) is 0 Å². The van der Waals surface area contributed by atoms with E-state index in [9.17, 15) is 0 Å². The average Bonchev–Trinajstić information content (AvgIpc) is 2.59. The van der Waals surface area contributed by atoms with Crippen LogP contribution in [-0.4, -0.2) is 4.98 Å². The number of nitrogens with zero attached hydrogens (tertiary/aromatic N) is 1. The minimum Gasteiger partial charge on any atom is -0.440 e. The molecular formula is C11H14N2O. The van der Waals surface area contributed by atoms with E-state index in [0.717, 1.165) is 22.6 Å². The van der Waals surface area contributed by atoms with Gasteiger partial charge in [0.25, 0.3) is 0 Å². The topological polar surface area (TPSA) is 52.0 Å². The summed E-state index contributed by atoms with van der Waals surface area (Å²) in [5, 5.41) is 0. The minimum absolute atomic E-state index is 0.323. The first-order valence-electron chi connectivity index (χ1n) is 4.80. The monoisotopic (exact) mass is 190 g/mol. The Kier molecular flexibility index (Phi) is 2.25. The Labute approximate surface area is 82.9 Å². The van der Waals surface area contributed by atoms with E-state index in [4.69, 9.17) is 10.2 Å². The molecule has 0 radical (unpaired) electrons. The van der Waals surface area contributed by atoms with E-state index in [-0.39, 0.29) is 0 Å². The molecule has 3 nitrogen and oxygen atoms in total. The molecule has 1 aromatic carbocycles. The highest BCUT2D eigenvalue weighted by molar-refractivity contribution is 5.73. The second kappa shape index (κ2) is 3.42. The van der Waals surface area contributed by atoms with Crippen LogP contribution in [0.4, 0.5) is 0 Å². The highest BCUT2D eigenvalue weighted by Gasteiger charge is 2.08. The van der Waals surface area contributed by atoms with Gasteiger partial charge in [-0.25, -0.2) is 4.98 Å². The molecule has 0 saturated heterocycles. The van der Waals surface area contributed by atoms with Crippen molar-refractivity contribution in [2.24, 2.45) is 5.73 Å². The first-order valence-corrected chi connectivity index (χ1v) is 4.80.